The van der Waals surface area contributed by atoms with Crippen LogP contribution >= 0.6 is 11.3 Å². The van der Waals surface area contributed by atoms with Gasteiger partial charge < -0.3 is 15.4 Å². The average molecular weight is 303 g/mol. The molecule has 0 saturated carbocycles. The fourth-order valence-electron chi connectivity index (χ4n) is 2.45. The van der Waals surface area contributed by atoms with Crippen LogP contribution in [0.15, 0.2) is 23.7 Å². The van der Waals surface area contributed by atoms with E-state index in [1.54, 1.807) is 18.4 Å². The summed E-state index contributed by atoms with van der Waals surface area (Å²) in [6.07, 6.45) is 0.846. The first-order valence-corrected chi connectivity index (χ1v) is 7.71. The molecule has 0 saturated heterocycles. The molecule has 0 aliphatic carbocycles. The Hall–Kier alpha value is -1.92. The Bertz CT molecular complexity index is 669. The van der Waals surface area contributed by atoms with Crippen molar-refractivity contribution in [2.75, 3.05) is 19.0 Å². The Morgan fingerprint density at radius 3 is 3.05 bits per heavy atom. The lowest BCUT2D eigenvalue weighted by molar-refractivity contribution is -0.117. The van der Waals surface area contributed by atoms with Gasteiger partial charge >= 0.3 is 0 Å². The third-order valence-electron chi connectivity index (χ3n) is 3.59. The molecule has 3 rings (SSSR count). The van der Waals surface area contributed by atoms with Crippen molar-refractivity contribution in [3.05, 3.63) is 39.8 Å². The lowest BCUT2D eigenvalue weighted by Crippen LogP contribution is -2.23. The van der Waals surface area contributed by atoms with Gasteiger partial charge in [-0.25, -0.2) is 4.98 Å². The van der Waals surface area contributed by atoms with Gasteiger partial charge in [-0.3, -0.25) is 4.79 Å². The molecule has 1 aromatic heterocycles. The third kappa shape index (κ3) is 2.77. The molecule has 1 amide bonds. The predicted octanol–water partition coefficient (Wildman–Crippen LogP) is 2.29. The zero-order valence-electron chi connectivity index (χ0n) is 12.0. The Balaban J connectivity index is 1.64. The van der Waals surface area contributed by atoms with Crippen molar-refractivity contribution in [1.82, 2.24) is 10.3 Å². The van der Waals surface area contributed by atoms with E-state index in [1.807, 2.05) is 30.6 Å². The third-order valence-corrected chi connectivity index (χ3v) is 4.58. The minimum atomic E-state index is -0.270. The zero-order valence-corrected chi connectivity index (χ0v) is 12.8. The average Bonchev–Trinajstić information content (AvgIpc) is 3.01. The number of nitrogens with zero attached hydrogens (tertiary/aromatic N) is 1. The van der Waals surface area contributed by atoms with Gasteiger partial charge in [0, 0.05) is 28.6 Å². The van der Waals surface area contributed by atoms with Crippen molar-refractivity contribution < 1.29 is 9.53 Å². The highest BCUT2D eigenvalue weighted by atomic mass is 32.1. The van der Waals surface area contributed by atoms with Crippen LogP contribution in [0.4, 0.5) is 5.69 Å². The Morgan fingerprint density at radius 2 is 2.33 bits per heavy atom. The van der Waals surface area contributed by atoms with Crippen LogP contribution in [-0.4, -0.2) is 24.5 Å². The molecule has 1 aromatic carbocycles. The molecule has 0 spiro atoms. The van der Waals surface area contributed by atoms with Crippen molar-refractivity contribution in [2.24, 2.45) is 0 Å². The Morgan fingerprint density at radius 1 is 1.48 bits per heavy atom. The number of hydrogen-bond acceptors (Lipinski definition) is 5. The molecule has 0 radical (unpaired) electrons. The number of carbonyl (C=O) groups is 1. The number of benzene rings is 1. The van der Waals surface area contributed by atoms with Crippen molar-refractivity contribution >= 4 is 22.9 Å². The molecule has 1 unspecified atom stereocenters. The van der Waals surface area contributed by atoms with Gasteiger partial charge in [0.2, 0.25) is 5.91 Å². The fourth-order valence-corrected chi connectivity index (χ4v) is 3.21. The predicted molar refractivity (Wildman–Crippen MR) is 82.9 cm³/mol. The molecular formula is C15H17N3O2S. The Labute approximate surface area is 127 Å². The van der Waals surface area contributed by atoms with Crippen molar-refractivity contribution in [3.63, 3.8) is 0 Å². The smallest absolute Gasteiger partial charge is 0.246 e. The Kier molecular flexibility index (Phi) is 3.90. The number of likely N-dealkylation sites (N-methyl/N-ethyl adjacent to an activating group) is 1. The summed E-state index contributed by atoms with van der Waals surface area (Å²) in [5.74, 6) is 0.748. The van der Waals surface area contributed by atoms with Crippen LogP contribution in [0.3, 0.4) is 0 Å². The second-order valence-electron chi connectivity index (χ2n) is 4.92. The van der Waals surface area contributed by atoms with Gasteiger partial charge in [-0.1, -0.05) is 6.07 Å². The topological polar surface area (TPSA) is 63.2 Å². The van der Waals surface area contributed by atoms with E-state index < -0.39 is 0 Å². The zero-order chi connectivity index (χ0) is 14.8. The van der Waals surface area contributed by atoms with Crippen LogP contribution < -0.4 is 15.4 Å². The normalized spacial score (nSPS) is 16.7. The summed E-state index contributed by atoms with van der Waals surface area (Å²) in [6, 6.07) is 5.45. The SMILES string of the molecule is CNC1C(=O)Nc2cc(OCCc3scnc3C)ccc21. The number of carbonyl (C=O) groups excluding carboxylic acids is 1. The van der Waals surface area contributed by atoms with Crippen LogP contribution in [0.5, 0.6) is 5.75 Å². The lowest BCUT2D eigenvalue weighted by atomic mass is 10.1. The summed E-state index contributed by atoms with van der Waals surface area (Å²) in [5, 5.41) is 5.86. The molecule has 5 nitrogen and oxygen atoms in total. The lowest BCUT2D eigenvalue weighted by Gasteiger charge is -2.09. The molecule has 2 heterocycles. The van der Waals surface area contributed by atoms with Crippen molar-refractivity contribution in [3.8, 4) is 5.75 Å². The molecule has 2 aromatic rings. The number of thiazole rings is 1. The van der Waals surface area contributed by atoms with Crippen LogP contribution in [0.1, 0.15) is 22.2 Å². The van der Waals surface area contributed by atoms with Gasteiger partial charge in [-0.2, -0.15) is 0 Å². The molecule has 1 aliphatic heterocycles. The number of aryl methyl sites for hydroxylation is 1. The van der Waals surface area contributed by atoms with Gasteiger partial charge in [-0.15, -0.1) is 11.3 Å². The van der Waals surface area contributed by atoms with Crippen LogP contribution in [0.2, 0.25) is 0 Å². The molecule has 21 heavy (non-hydrogen) atoms. The van der Waals surface area contributed by atoms with Crippen LogP contribution in [0, 0.1) is 6.92 Å². The van der Waals surface area contributed by atoms with E-state index in [0.29, 0.717) is 6.61 Å². The minimum absolute atomic E-state index is 0.0232. The van der Waals surface area contributed by atoms with E-state index >= 15 is 0 Å². The summed E-state index contributed by atoms with van der Waals surface area (Å²) in [6.45, 7) is 2.61. The molecule has 2 N–H and O–H groups in total. The molecular weight excluding hydrogens is 286 g/mol. The number of fused-ring (bicyclic) bond motifs is 1. The highest BCUT2D eigenvalue weighted by Gasteiger charge is 2.29. The maximum Gasteiger partial charge on any atom is 0.246 e. The number of rotatable bonds is 5. The minimum Gasteiger partial charge on any atom is -0.493 e. The van der Waals surface area contributed by atoms with E-state index in [-0.39, 0.29) is 11.9 Å². The van der Waals surface area contributed by atoms with Gasteiger partial charge in [0.15, 0.2) is 0 Å². The largest absolute Gasteiger partial charge is 0.493 e. The van der Waals surface area contributed by atoms with Crippen LogP contribution in [0.25, 0.3) is 0 Å². The van der Waals surface area contributed by atoms with Crippen molar-refractivity contribution in [1.29, 1.82) is 0 Å². The second-order valence-corrected chi connectivity index (χ2v) is 5.86. The molecule has 1 atom stereocenters. The number of nitrogens with one attached hydrogen (secondary N) is 2. The summed E-state index contributed by atoms with van der Waals surface area (Å²) < 4.78 is 5.77. The van der Waals surface area contributed by atoms with Gasteiger partial charge in [0.1, 0.15) is 11.8 Å². The second kappa shape index (κ2) is 5.83. The first-order valence-electron chi connectivity index (χ1n) is 6.83. The van der Waals surface area contributed by atoms with Gasteiger partial charge in [0.05, 0.1) is 17.8 Å². The highest BCUT2D eigenvalue weighted by molar-refractivity contribution is 7.09. The van der Waals surface area contributed by atoms with Crippen LogP contribution in [-0.2, 0) is 11.2 Å². The molecule has 110 valence electrons. The van der Waals surface area contributed by atoms with E-state index in [4.69, 9.17) is 4.74 Å². The molecule has 0 bridgehead atoms. The summed E-state index contributed by atoms with van der Waals surface area (Å²) in [7, 11) is 1.78. The maximum atomic E-state index is 11.8. The van der Waals surface area contributed by atoms with E-state index in [9.17, 15) is 4.79 Å². The summed E-state index contributed by atoms with van der Waals surface area (Å²) in [4.78, 5) is 17.2. The van der Waals surface area contributed by atoms with E-state index in [1.165, 1.54) is 4.88 Å². The molecule has 1 aliphatic rings. The fraction of sp³-hybridized carbons (Fsp3) is 0.333. The number of hydrogen-bond donors (Lipinski definition) is 2. The first kappa shape index (κ1) is 14.0. The van der Waals surface area contributed by atoms with E-state index in [0.717, 1.165) is 29.1 Å². The quantitative estimate of drug-likeness (QED) is 0.889. The summed E-state index contributed by atoms with van der Waals surface area (Å²) in [5.41, 5.74) is 4.72. The number of amides is 1. The summed E-state index contributed by atoms with van der Waals surface area (Å²) >= 11 is 1.65. The van der Waals surface area contributed by atoms with E-state index in [2.05, 4.69) is 15.6 Å². The number of anilines is 1. The molecule has 0 fully saturated rings. The monoisotopic (exact) mass is 303 g/mol. The number of ether oxygens (including phenoxy) is 1. The molecule has 6 heteroatoms. The van der Waals surface area contributed by atoms with Gasteiger partial charge in [0.25, 0.3) is 0 Å². The maximum absolute atomic E-state index is 11.8. The van der Waals surface area contributed by atoms with Gasteiger partial charge in [-0.05, 0) is 20.0 Å². The number of aromatic nitrogens is 1. The highest BCUT2D eigenvalue weighted by Crippen LogP contribution is 2.33. The standard InChI is InChI=1S/C15H17N3O2S/c1-9-13(21-8-17-9)5-6-20-10-3-4-11-12(7-10)18-15(19)14(11)16-2/h3-4,7-8,14,16H,5-6H2,1-2H3,(H,18,19). The first-order chi connectivity index (χ1) is 10.2. The van der Waals surface area contributed by atoms with Crippen molar-refractivity contribution in [2.45, 2.75) is 19.4 Å².